The second-order valence-corrected chi connectivity index (χ2v) is 3.89. The first-order valence-corrected chi connectivity index (χ1v) is 5.86. The van der Waals surface area contributed by atoms with E-state index in [2.05, 4.69) is 6.58 Å². The van der Waals surface area contributed by atoms with E-state index < -0.39 is 5.97 Å². The van der Waals surface area contributed by atoms with Gasteiger partial charge in [0.2, 0.25) is 0 Å². The van der Waals surface area contributed by atoms with E-state index in [1.807, 2.05) is 20.8 Å². The summed E-state index contributed by atoms with van der Waals surface area (Å²) in [4.78, 5) is 25.9. The summed E-state index contributed by atoms with van der Waals surface area (Å²) < 4.78 is 0. The highest BCUT2D eigenvalue weighted by Crippen LogP contribution is 2.08. The molecule has 5 nitrogen and oxygen atoms in total. The minimum absolute atomic E-state index is 0.0857. The summed E-state index contributed by atoms with van der Waals surface area (Å²) in [7, 11) is 0. The zero-order valence-corrected chi connectivity index (χ0v) is 10.8. The van der Waals surface area contributed by atoms with Gasteiger partial charge in [0.05, 0.1) is 0 Å². The average Bonchev–Trinajstić information content (AvgIpc) is 2.31. The molecule has 0 aromatic heterocycles. The maximum atomic E-state index is 12.1. The molecular formula is C12H22N2O3. The van der Waals surface area contributed by atoms with E-state index in [1.54, 1.807) is 11.0 Å². The van der Waals surface area contributed by atoms with Crippen molar-refractivity contribution in [3.8, 4) is 0 Å². The number of carboxylic acids is 1. The fourth-order valence-corrected chi connectivity index (χ4v) is 1.46. The van der Waals surface area contributed by atoms with Crippen LogP contribution in [0.3, 0.4) is 0 Å². The number of carbonyl (C=O) groups excluding carboxylic acids is 1. The summed E-state index contributed by atoms with van der Waals surface area (Å²) in [5.74, 6) is -0.992. The molecule has 0 saturated carbocycles. The minimum atomic E-state index is -0.992. The van der Waals surface area contributed by atoms with Gasteiger partial charge in [-0.1, -0.05) is 13.0 Å². The van der Waals surface area contributed by atoms with Crippen LogP contribution in [0, 0.1) is 0 Å². The zero-order valence-electron chi connectivity index (χ0n) is 10.8. The van der Waals surface area contributed by atoms with Crippen molar-refractivity contribution in [1.82, 2.24) is 9.80 Å². The molecule has 1 N–H and O–H groups in total. The third-order valence-electron chi connectivity index (χ3n) is 2.68. The fourth-order valence-electron chi connectivity index (χ4n) is 1.46. The Balaban J connectivity index is 4.82. The summed E-state index contributed by atoms with van der Waals surface area (Å²) in [6, 6.07) is -0.332. The summed E-state index contributed by atoms with van der Waals surface area (Å²) in [6.07, 6.45) is 2.36. The summed E-state index contributed by atoms with van der Waals surface area (Å²) in [6.45, 7) is 9.93. The van der Waals surface area contributed by atoms with Gasteiger partial charge in [0.15, 0.2) is 0 Å². The third kappa shape index (κ3) is 4.89. The quantitative estimate of drug-likeness (QED) is 0.692. The smallest absolute Gasteiger partial charge is 0.323 e. The van der Waals surface area contributed by atoms with Crippen molar-refractivity contribution < 1.29 is 14.7 Å². The lowest BCUT2D eigenvalue weighted by atomic mass is 10.2. The molecule has 0 aliphatic carbocycles. The highest BCUT2D eigenvalue weighted by atomic mass is 16.4. The number of amides is 2. The highest BCUT2D eigenvalue weighted by molar-refractivity contribution is 5.80. The van der Waals surface area contributed by atoms with Gasteiger partial charge in [-0.25, -0.2) is 4.79 Å². The van der Waals surface area contributed by atoms with E-state index in [-0.39, 0.29) is 18.6 Å². The lowest BCUT2D eigenvalue weighted by Crippen LogP contribution is -2.49. The molecule has 0 fully saturated rings. The Morgan fingerprint density at radius 2 is 2.00 bits per heavy atom. The van der Waals surface area contributed by atoms with Gasteiger partial charge in [0.25, 0.3) is 0 Å². The number of nitrogens with zero attached hydrogens (tertiary/aromatic N) is 2. The van der Waals surface area contributed by atoms with Gasteiger partial charge in [0.1, 0.15) is 6.54 Å². The summed E-state index contributed by atoms with van der Waals surface area (Å²) in [5.41, 5.74) is 0. The molecule has 0 rings (SSSR count). The second kappa shape index (κ2) is 7.70. The first-order valence-electron chi connectivity index (χ1n) is 5.86. The number of hydrogen-bond donors (Lipinski definition) is 1. The number of carbonyl (C=O) groups is 2. The molecule has 5 heteroatoms. The molecule has 1 unspecified atom stereocenters. The molecule has 0 heterocycles. The summed E-state index contributed by atoms with van der Waals surface area (Å²) >= 11 is 0. The molecule has 2 amide bonds. The Bertz CT molecular complexity index is 279. The predicted molar refractivity (Wildman–Crippen MR) is 66.9 cm³/mol. The van der Waals surface area contributed by atoms with Crippen LogP contribution in [-0.4, -0.2) is 52.6 Å². The van der Waals surface area contributed by atoms with Gasteiger partial charge >= 0.3 is 12.0 Å². The third-order valence-corrected chi connectivity index (χ3v) is 2.68. The monoisotopic (exact) mass is 242 g/mol. The van der Waals surface area contributed by atoms with Gasteiger partial charge in [-0.05, 0) is 20.3 Å². The van der Waals surface area contributed by atoms with Crippen molar-refractivity contribution in [2.75, 3.05) is 19.6 Å². The number of rotatable bonds is 7. The van der Waals surface area contributed by atoms with Crippen molar-refractivity contribution in [3.05, 3.63) is 12.7 Å². The normalized spacial score (nSPS) is 11.7. The maximum absolute atomic E-state index is 12.1. The number of aliphatic carboxylic acids is 1. The SMILES string of the molecule is C=CCN(CC)C(=O)N(CC(=O)O)C(C)CC. The molecule has 0 saturated heterocycles. The summed E-state index contributed by atoms with van der Waals surface area (Å²) in [5, 5.41) is 8.83. The number of carboxylic acid groups (broad SMARTS) is 1. The molecule has 0 spiro atoms. The Kier molecular flexibility index (Phi) is 7.02. The standard InChI is InChI=1S/C12H22N2O3/c1-5-8-13(7-3)12(17)14(9-11(15)16)10(4)6-2/h5,10H,1,6-9H2,2-4H3,(H,15,16). The van der Waals surface area contributed by atoms with Crippen LogP contribution >= 0.6 is 0 Å². The van der Waals surface area contributed by atoms with Gasteiger partial charge in [-0.3, -0.25) is 4.79 Å². The van der Waals surface area contributed by atoms with Gasteiger partial charge in [0, 0.05) is 19.1 Å². The predicted octanol–water partition coefficient (Wildman–Crippen LogP) is 1.80. The molecule has 0 aliphatic heterocycles. The molecular weight excluding hydrogens is 220 g/mol. The van der Waals surface area contributed by atoms with Crippen molar-refractivity contribution in [1.29, 1.82) is 0 Å². The van der Waals surface area contributed by atoms with Gasteiger partial charge in [-0.2, -0.15) is 0 Å². The van der Waals surface area contributed by atoms with E-state index >= 15 is 0 Å². The maximum Gasteiger partial charge on any atom is 0.323 e. The first-order chi connectivity index (χ1) is 7.97. The zero-order chi connectivity index (χ0) is 13.4. The first kappa shape index (κ1) is 15.5. The molecule has 98 valence electrons. The van der Waals surface area contributed by atoms with Crippen molar-refractivity contribution in [3.63, 3.8) is 0 Å². The molecule has 1 atom stereocenters. The average molecular weight is 242 g/mol. The van der Waals surface area contributed by atoms with Crippen molar-refractivity contribution in [2.45, 2.75) is 33.2 Å². The van der Waals surface area contributed by atoms with Crippen LogP contribution in [-0.2, 0) is 4.79 Å². The van der Waals surface area contributed by atoms with Gasteiger partial charge < -0.3 is 14.9 Å². The van der Waals surface area contributed by atoms with E-state index in [4.69, 9.17) is 5.11 Å². The van der Waals surface area contributed by atoms with E-state index in [9.17, 15) is 9.59 Å². The van der Waals surface area contributed by atoms with Crippen molar-refractivity contribution >= 4 is 12.0 Å². The van der Waals surface area contributed by atoms with Crippen LogP contribution in [0.15, 0.2) is 12.7 Å². The van der Waals surface area contributed by atoms with Crippen LogP contribution in [0.2, 0.25) is 0 Å². The largest absolute Gasteiger partial charge is 0.480 e. The number of likely N-dealkylation sites (N-methyl/N-ethyl adjacent to an activating group) is 1. The van der Waals surface area contributed by atoms with E-state index in [1.165, 1.54) is 4.90 Å². The Labute approximate surface area is 103 Å². The van der Waals surface area contributed by atoms with Crippen LogP contribution in [0.4, 0.5) is 4.79 Å². The van der Waals surface area contributed by atoms with Crippen LogP contribution in [0.25, 0.3) is 0 Å². The minimum Gasteiger partial charge on any atom is -0.480 e. The Morgan fingerprint density at radius 3 is 2.35 bits per heavy atom. The number of urea groups is 1. The topological polar surface area (TPSA) is 60.9 Å². The second-order valence-electron chi connectivity index (χ2n) is 3.89. The lowest BCUT2D eigenvalue weighted by molar-refractivity contribution is -0.138. The lowest BCUT2D eigenvalue weighted by Gasteiger charge is -2.32. The van der Waals surface area contributed by atoms with Crippen LogP contribution in [0.5, 0.6) is 0 Å². The van der Waals surface area contributed by atoms with E-state index in [0.29, 0.717) is 13.1 Å². The molecule has 0 aromatic carbocycles. The van der Waals surface area contributed by atoms with E-state index in [0.717, 1.165) is 6.42 Å². The highest BCUT2D eigenvalue weighted by Gasteiger charge is 2.24. The molecule has 0 aliphatic rings. The number of hydrogen-bond acceptors (Lipinski definition) is 2. The molecule has 17 heavy (non-hydrogen) atoms. The van der Waals surface area contributed by atoms with Crippen LogP contribution < -0.4 is 0 Å². The van der Waals surface area contributed by atoms with Crippen LogP contribution in [0.1, 0.15) is 27.2 Å². The Hall–Kier alpha value is -1.52. The van der Waals surface area contributed by atoms with Gasteiger partial charge in [-0.15, -0.1) is 6.58 Å². The molecule has 0 aromatic rings. The Morgan fingerprint density at radius 1 is 1.41 bits per heavy atom. The molecule has 0 radical (unpaired) electrons. The molecule has 0 bridgehead atoms. The van der Waals surface area contributed by atoms with Crippen molar-refractivity contribution in [2.24, 2.45) is 0 Å². The fraction of sp³-hybridized carbons (Fsp3) is 0.667.